The van der Waals surface area contributed by atoms with E-state index in [4.69, 9.17) is 9.47 Å². The zero-order valence-electron chi connectivity index (χ0n) is 8.47. The van der Waals surface area contributed by atoms with Gasteiger partial charge in [-0.3, -0.25) is 0 Å². The Labute approximate surface area is 79.4 Å². The number of carbonyl (C=O) groups excluding carboxylic acids is 1. The van der Waals surface area contributed by atoms with Crippen LogP contribution in [0.15, 0.2) is 0 Å². The molecular formula is C10H18O3. The predicted octanol–water partition coefficient (Wildman–Crippen LogP) is 2.88. The van der Waals surface area contributed by atoms with Gasteiger partial charge in [0.2, 0.25) is 0 Å². The highest BCUT2D eigenvalue weighted by Crippen LogP contribution is 2.36. The molecule has 13 heavy (non-hydrogen) atoms. The summed E-state index contributed by atoms with van der Waals surface area (Å²) in [6.07, 6.45) is 4.68. The standard InChI is InChI=1S/C10H18O3/c1-3-10(7-5-6-8-10)13-9(11)12-4-2/h3-8H2,1-2H3. The van der Waals surface area contributed by atoms with Crippen LogP contribution in [-0.4, -0.2) is 18.4 Å². The minimum atomic E-state index is -0.508. The Morgan fingerprint density at radius 1 is 1.31 bits per heavy atom. The topological polar surface area (TPSA) is 35.5 Å². The van der Waals surface area contributed by atoms with Crippen molar-refractivity contribution in [2.45, 2.75) is 51.6 Å². The van der Waals surface area contributed by atoms with Gasteiger partial charge >= 0.3 is 6.16 Å². The van der Waals surface area contributed by atoms with Crippen LogP contribution < -0.4 is 0 Å². The van der Waals surface area contributed by atoms with Gasteiger partial charge in [0.05, 0.1) is 6.61 Å². The van der Waals surface area contributed by atoms with Crippen LogP contribution in [0.25, 0.3) is 0 Å². The Kier molecular flexibility index (Phi) is 3.58. The molecular weight excluding hydrogens is 168 g/mol. The van der Waals surface area contributed by atoms with Gasteiger partial charge in [0.15, 0.2) is 0 Å². The van der Waals surface area contributed by atoms with E-state index in [-0.39, 0.29) is 5.60 Å². The van der Waals surface area contributed by atoms with Gasteiger partial charge in [-0.1, -0.05) is 6.92 Å². The van der Waals surface area contributed by atoms with E-state index < -0.39 is 6.16 Å². The molecule has 1 fully saturated rings. The maximum Gasteiger partial charge on any atom is 0.508 e. The minimum Gasteiger partial charge on any atom is -0.435 e. The van der Waals surface area contributed by atoms with Gasteiger partial charge in [0.1, 0.15) is 5.60 Å². The molecule has 3 heteroatoms. The molecule has 0 heterocycles. The molecule has 1 aliphatic rings. The molecule has 76 valence electrons. The molecule has 0 atom stereocenters. The lowest BCUT2D eigenvalue weighted by Crippen LogP contribution is -2.31. The van der Waals surface area contributed by atoms with Crippen LogP contribution in [0.4, 0.5) is 4.79 Å². The van der Waals surface area contributed by atoms with Crippen molar-refractivity contribution in [2.75, 3.05) is 6.61 Å². The Balaban J connectivity index is 2.43. The monoisotopic (exact) mass is 186 g/mol. The molecule has 0 N–H and O–H groups in total. The first-order chi connectivity index (χ1) is 6.22. The summed E-state index contributed by atoms with van der Waals surface area (Å²) in [6, 6.07) is 0. The van der Waals surface area contributed by atoms with E-state index >= 15 is 0 Å². The third kappa shape index (κ3) is 2.61. The summed E-state index contributed by atoms with van der Waals surface area (Å²) in [6.45, 7) is 4.23. The minimum absolute atomic E-state index is 0.216. The molecule has 0 bridgehead atoms. The molecule has 0 unspecified atom stereocenters. The van der Waals surface area contributed by atoms with Gasteiger partial charge in [-0.2, -0.15) is 0 Å². The van der Waals surface area contributed by atoms with Crippen molar-refractivity contribution in [3.05, 3.63) is 0 Å². The molecule has 0 radical (unpaired) electrons. The lowest BCUT2D eigenvalue weighted by molar-refractivity contribution is -0.0325. The number of hydrogen-bond acceptors (Lipinski definition) is 3. The van der Waals surface area contributed by atoms with Crippen molar-refractivity contribution in [2.24, 2.45) is 0 Å². The van der Waals surface area contributed by atoms with Crippen molar-refractivity contribution >= 4 is 6.16 Å². The van der Waals surface area contributed by atoms with Crippen LogP contribution in [0.5, 0.6) is 0 Å². The van der Waals surface area contributed by atoms with E-state index in [1.54, 1.807) is 6.92 Å². The van der Waals surface area contributed by atoms with E-state index in [0.717, 1.165) is 32.1 Å². The van der Waals surface area contributed by atoms with Crippen molar-refractivity contribution in [3.63, 3.8) is 0 Å². The number of ether oxygens (including phenoxy) is 2. The van der Waals surface area contributed by atoms with Crippen molar-refractivity contribution in [1.82, 2.24) is 0 Å². The Hall–Kier alpha value is -0.730. The SMILES string of the molecule is CCOC(=O)OC1(CC)CCCC1. The highest BCUT2D eigenvalue weighted by Gasteiger charge is 2.36. The van der Waals surface area contributed by atoms with Gasteiger partial charge in [-0.25, -0.2) is 4.79 Å². The molecule has 0 saturated heterocycles. The average molecular weight is 186 g/mol. The molecule has 1 aliphatic carbocycles. The summed E-state index contributed by atoms with van der Waals surface area (Å²) in [7, 11) is 0. The quantitative estimate of drug-likeness (QED) is 0.636. The highest BCUT2D eigenvalue weighted by molar-refractivity contribution is 5.60. The first kappa shape index (κ1) is 10.4. The predicted molar refractivity (Wildman–Crippen MR) is 49.6 cm³/mol. The Morgan fingerprint density at radius 2 is 1.92 bits per heavy atom. The van der Waals surface area contributed by atoms with E-state index in [9.17, 15) is 4.79 Å². The summed E-state index contributed by atoms with van der Waals surface area (Å²) in [5.74, 6) is 0. The number of hydrogen-bond donors (Lipinski definition) is 0. The van der Waals surface area contributed by atoms with Crippen LogP contribution in [0, 0.1) is 0 Å². The van der Waals surface area contributed by atoms with Crippen LogP contribution >= 0.6 is 0 Å². The highest BCUT2D eigenvalue weighted by atomic mass is 16.7. The summed E-state index contributed by atoms with van der Waals surface area (Å²) >= 11 is 0. The van der Waals surface area contributed by atoms with Gasteiger partial charge < -0.3 is 9.47 Å². The zero-order valence-corrected chi connectivity index (χ0v) is 8.47. The summed E-state index contributed by atoms with van der Waals surface area (Å²) < 4.78 is 10.1. The summed E-state index contributed by atoms with van der Waals surface area (Å²) in [4.78, 5) is 11.1. The second-order valence-corrected chi connectivity index (χ2v) is 3.53. The molecule has 1 saturated carbocycles. The fourth-order valence-electron chi connectivity index (χ4n) is 1.87. The lowest BCUT2D eigenvalue weighted by atomic mass is 9.99. The second kappa shape index (κ2) is 4.49. The van der Waals surface area contributed by atoms with Crippen LogP contribution in [-0.2, 0) is 9.47 Å². The molecule has 3 nitrogen and oxygen atoms in total. The molecule has 0 aromatic rings. The average Bonchev–Trinajstić information content (AvgIpc) is 2.54. The lowest BCUT2D eigenvalue weighted by Gasteiger charge is -2.26. The normalized spacial score (nSPS) is 19.8. The number of rotatable bonds is 3. The van der Waals surface area contributed by atoms with Crippen molar-refractivity contribution in [1.29, 1.82) is 0 Å². The summed E-state index contributed by atoms with van der Waals surface area (Å²) in [5.41, 5.74) is -0.216. The van der Waals surface area contributed by atoms with E-state index in [1.807, 2.05) is 0 Å². The molecule has 0 amide bonds. The van der Waals surface area contributed by atoms with Gasteiger partial charge in [-0.05, 0) is 39.0 Å². The smallest absolute Gasteiger partial charge is 0.435 e. The Bertz CT molecular complexity index is 171. The van der Waals surface area contributed by atoms with Crippen molar-refractivity contribution in [3.8, 4) is 0 Å². The van der Waals surface area contributed by atoms with Gasteiger partial charge in [-0.15, -0.1) is 0 Å². The van der Waals surface area contributed by atoms with Crippen LogP contribution in [0.3, 0.4) is 0 Å². The second-order valence-electron chi connectivity index (χ2n) is 3.53. The van der Waals surface area contributed by atoms with E-state index in [1.165, 1.54) is 0 Å². The summed E-state index contributed by atoms with van der Waals surface area (Å²) in [5, 5.41) is 0. The van der Waals surface area contributed by atoms with Gasteiger partial charge in [0.25, 0.3) is 0 Å². The largest absolute Gasteiger partial charge is 0.508 e. The fraction of sp³-hybridized carbons (Fsp3) is 0.900. The molecule has 1 rings (SSSR count). The van der Waals surface area contributed by atoms with Gasteiger partial charge in [0, 0.05) is 0 Å². The molecule has 0 spiro atoms. The molecule has 0 aromatic heterocycles. The maximum atomic E-state index is 11.1. The third-order valence-corrected chi connectivity index (χ3v) is 2.72. The van der Waals surface area contributed by atoms with E-state index in [2.05, 4.69) is 6.92 Å². The fourth-order valence-corrected chi connectivity index (χ4v) is 1.87. The van der Waals surface area contributed by atoms with E-state index in [0.29, 0.717) is 6.61 Å². The first-order valence-corrected chi connectivity index (χ1v) is 5.08. The maximum absolute atomic E-state index is 11.1. The van der Waals surface area contributed by atoms with Crippen LogP contribution in [0.2, 0.25) is 0 Å². The molecule has 0 aliphatic heterocycles. The molecule has 0 aromatic carbocycles. The Morgan fingerprint density at radius 3 is 2.38 bits per heavy atom. The first-order valence-electron chi connectivity index (χ1n) is 5.08. The zero-order chi connectivity index (χ0) is 9.73. The van der Waals surface area contributed by atoms with Crippen molar-refractivity contribution < 1.29 is 14.3 Å². The number of carbonyl (C=O) groups is 1. The third-order valence-electron chi connectivity index (χ3n) is 2.72. The van der Waals surface area contributed by atoms with Crippen LogP contribution in [0.1, 0.15) is 46.0 Å².